The Kier molecular flexibility index (Phi) is 4.22. The summed E-state index contributed by atoms with van der Waals surface area (Å²) in [5.41, 5.74) is 0.960. The first-order chi connectivity index (χ1) is 9.54. The standard InChI is InChI=1S/C14H19N3O3/c1-3-15-13-8-7-11(17(19)20)9-12(13)14(18)16(2)10-5-4-6-10/h7-10,15H,3-6H2,1-2H3. The number of nitro groups is 1. The van der Waals surface area contributed by atoms with E-state index in [1.807, 2.05) is 6.92 Å². The van der Waals surface area contributed by atoms with Gasteiger partial charge < -0.3 is 10.2 Å². The van der Waals surface area contributed by atoms with Crippen molar-refractivity contribution >= 4 is 17.3 Å². The maximum Gasteiger partial charge on any atom is 0.270 e. The Morgan fingerprint density at radius 1 is 1.50 bits per heavy atom. The molecule has 1 aliphatic rings. The SMILES string of the molecule is CCNc1ccc([N+](=O)[O-])cc1C(=O)N(C)C1CCC1. The molecule has 0 heterocycles. The largest absolute Gasteiger partial charge is 0.385 e. The van der Waals surface area contributed by atoms with Gasteiger partial charge in [-0.05, 0) is 32.3 Å². The number of anilines is 1. The summed E-state index contributed by atoms with van der Waals surface area (Å²) in [6, 6.07) is 4.63. The predicted octanol–water partition coefficient (Wildman–Crippen LogP) is 2.65. The second kappa shape index (κ2) is 5.90. The van der Waals surface area contributed by atoms with E-state index >= 15 is 0 Å². The fourth-order valence-corrected chi connectivity index (χ4v) is 2.30. The van der Waals surface area contributed by atoms with Crippen molar-refractivity contribution in [3.8, 4) is 0 Å². The number of carbonyl (C=O) groups excluding carboxylic acids is 1. The fraction of sp³-hybridized carbons (Fsp3) is 0.500. The third kappa shape index (κ3) is 2.74. The molecule has 1 aromatic rings. The molecule has 1 fully saturated rings. The first kappa shape index (κ1) is 14.3. The number of non-ortho nitro benzene ring substituents is 1. The van der Waals surface area contributed by atoms with Gasteiger partial charge in [-0.2, -0.15) is 0 Å². The van der Waals surface area contributed by atoms with Gasteiger partial charge in [-0.25, -0.2) is 0 Å². The fourth-order valence-electron chi connectivity index (χ4n) is 2.30. The summed E-state index contributed by atoms with van der Waals surface area (Å²) in [7, 11) is 1.76. The molecule has 0 spiro atoms. The first-order valence-electron chi connectivity index (χ1n) is 6.84. The third-order valence-corrected chi connectivity index (χ3v) is 3.75. The van der Waals surface area contributed by atoms with Gasteiger partial charge in [0, 0.05) is 37.5 Å². The van der Waals surface area contributed by atoms with Crippen molar-refractivity contribution < 1.29 is 9.72 Å². The van der Waals surface area contributed by atoms with Crippen LogP contribution in [0.25, 0.3) is 0 Å². The van der Waals surface area contributed by atoms with Gasteiger partial charge >= 0.3 is 0 Å². The van der Waals surface area contributed by atoms with Gasteiger partial charge in [-0.1, -0.05) is 0 Å². The van der Waals surface area contributed by atoms with E-state index in [0.717, 1.165) is 19.3 Å². The number of rotatable bonds is 5. The molecule has 20 heavy (non-hydrogen) atoms. The molecule has 0 aromatic heterocycles. The third-order valence-electron chi connectivity index (χ3n) is 3.75. The number of nitrogens with zero attached hydrogens (tertiary/aromatic N) is 2. The van der Waals surface area contributed by atoms with Crippen LogP contribution in [0.4, 0.5) is 11.4 Å². The Labute approximate surface area is 117 Å². The molecule has 0 radical (unpaired) electrons. The van der Waals surface area contributed by atoms with E-state index in [9.17, 15) is 14.9 Å². The van der Waals surface area contributed by atoms with Crippen LogP contribution < -0.4 is 5.32 Å². The monoisotopic (exact) mass is 277 g/mol. The van der Waals surface area contributed by atoms with E-state index < -0.39 is 4.92 Å². The van der Waals surface area contributed by atoms with Crippen LogP contribution in [0.5, 0.6) is 0 Å². The lowest BCUT2D eigenvalue weighted by Crippen LogP contribution is -2.41. The molecule has 6 heteroatoms. The van der Waals surface area contributed by atoms with Gasteiger partial charge in [-0.3, -0.25) is 14.9 Å². The van der Waals surface area contributed by atoms with Gasteiger partial charge in [0.1, 0.15) is 0 Å². The summed E-state index contributed by atoms with van der Waals surface area (Å²) in [6.07, 6.45) is 3.15. The van der Waals surface area contributed by atoms with Gasteiger partial charge in [0.2, 0.25) is 0 Å². The Balaban J connectivity index is 2.32. The second-order valence-electron chi connectivity index (χ2n) is 5.02. The van der Waals surface area contributed by atoms with E-state index in [0.29, 0.717) is 17.8 Å². The molecule has 0 atom stereocenters. The molecule has 1 amide bonds. The number of nitro benzene ring substituents is 1. The summed E-state index contributed by atoms with van der Waals surface area (Å²) >= 11 is 0. The topological polar surface area (TPSA) is 75.5 Å². The van der Waals surface area contributed by atoms with Crippen molar-refractivity contribution in [2.45, 2.75) is 32.2 Å². The second-order valence-corrected chi connectivity index (χ2v) is 5.02. The van der Waals surface area contributed by atoms with Crippen LogP contribution in [0.3, 0.4) is 0 Å². The lowest BCUT2D eigenvalue weighted by molar-refractivity contribution is -0.384. The van der Waals surface area contributed by atoms with E-state index in [1.54, 1.807) is 18.0 Å². The zero-order valence-electron chi connectivity index (χ0n) is 11.8. The normalized spacial score (nSPS) is 14.5. The number of hydrogen-bond acceptors (Lipinski definition) is 4. The number of carbonyl (C=O) groups is 1. The number of benzene rings is 1. The van der Waals surface area contributed by atoms with E-state index in [-0.39, 0.29) is 17.6 Å². The Morgan fingerprint density at radius 3 is 2.70 bits per heavy atom. The quantitative estimate of drug-likeness (QED) is 0.663. The van der Waals surface area contributed by atoms with Gasteiger partial charge in [0.05, 0.1) is 10.5 Å². The summed E-state index contributed by atoms with van der Waals surface area (Å²) < 4.78 is 0. The minimum absolute atomic E-state index is 0.0583. The van der Waals surface area contributed by atoms with Crippen LogP contribution in [-0.4, -0.2) is 35.4 Å². The van der Waals surface area contributed by atoms with Crippen molar-refractivity contribution in [2.24, 2.45) is 0 Å². The number of amides is 1. The van der Waals surface area contributed by atoms with Crippen molar-refractivity contribution in [2.75, 3.05) is 18.9 Å². The highest BCUT2D eigenvalue weighted by Crippen LogP contribution is 2.28. The molecular weight excluding hydrogens is 258 g/mol. The molecule has 0 bridgehead atoms. The average Bonchev–Trinajstić information content (AvgIpc) is 2.36. The molecule has 0 aliphatic heterocycles. The molecule has 2 rings (SSSR count). The van der Waals surface area contributed by atoms with Crippen LogP contribution in [0, 0.1) is 10.1 Å². The van der Waals surface area contributed by atoms with E-state index in [1.165, 1.54) is 12.1 Å². The molecular formula is C14H19N3O3. The highest BCUT2D eigenvalue weighted by atomic mass is 16.6. The lowest BCUT2D eigenvalue weighted by atomic mass is 9.91. The molecule has 1 saturated carbocycles. The van der Waals surface area contributed by atoms with Crippen LogP contribution >= 0.6 is 0 Å². The minimum Gasteiger partial charge on any atom is -0.385 e. The number of nitrogens with one attached hydrogen (secondary N) is 1. The lowest BCUT2D eigenvalue weighted by Gasteiger charge is -2.35. The maximum atomic E-state index is 12.5. The van der Waals surface area contributed by atoms with Crippen molar-refractivity contribution in [3.63, 3.8) is 0 Å². The number of hydrogen-bond donors (Lipinski definition) is 1. The maximum absolute atomic E-state index is 12.5. The Bertz CT molecular complexity index is 526. The average molecular weight is 277 g/mol. The highest BCUT2D eigenvalue weighted by Gasteiger charge is 2.28. The molecule has 0 saturated heterocycles. The van der Waals surface area contributed by atoms with Gasteiger partial charge in [0.15, 0.2) is 0 Å². The highest BCUT2D eigenvalue weighted by molar-refractivity contribution is 6.00. The summed E-state index contributed by atoms with van der Waals surface area (Å²) in [5, 5.41) is 14.0. The zero-order chi connectivity index (χ0) is 14.7. The Morgan fingerprint density at radius 2 is 2.20 bits per heavy atom. The van der Waals surface area contributed by atoms with E-state index in [4.69, 9.17) is 0 Å². The molecule has 6 nitrogen and oxygen atoms in total. The van der Waals surface area contributed by atoms with Crippen molar-refractivity contribution in [1.29, 1.82) is 0 Å². The smallest absolute Gasteiger partial charge is 0.270 e. The van der Waals surface area contributed by atoms with Crippen molar-refractivity contribution in [3.05, 3.63) is 33.9 Å². The minimum atomic E-state index is -0.476. The molecule has 1 aromatic carbocycles. The van der Waals surface area contributed by atoms with Crippen LogP contribution in [0.15, 0.2) is 18.2 Å². The Hall–Kier alpha value is -2.11. The van der Waals surface area contributed by atoms with Crippen LogP contribution in [-0.2, 0) is 0 Å². The van der Waals surface area contributed by atoms with Gasteiger partial charge in [-0.15, -0.1) is 0 Å². The van der Waals surface area contributed by atoms with Gasteiger partial charge in [0.25, 0.3) is 11.6 Å². The predicted molar refractivity (Wildman–Crippen MR) is 77.0 cm³/mol. The summed E-state index contributed by atoms with van der Waals surface area (Å²) in [5.74, 6) is -0.158. The molecule has 1 aliphatic carbocycles. The molecule has 108 valence electrons. The van der Waals surface area contributed by atoms with Crippen LogP contribution in [0.1, 0.15) is 36.5 Å². The zero-order valence-corrected chi connectivity index (χ0v) is 11.8. The summed E-state index contributed by atoms with van der Waals surface area (Å²) in [6.45, 7) is 2.58. The van der Waals surface area contributed by atoms with E-state index in [2.05, 4.69) is 5.32 Å². The molecule has 0 unspecified atom stereocenters. The molecule has 1 N–H and O–H groups in total. The van der Waals surface area contributed by atoms with Crippen molar-refractivity contribution in [1.82, 2.24) is 4.90 Å². The van der Waals surface area contributed by atoms with Crippen LogP contribution in [0.2, 0.25) is 0 Å². The first-order valence-corrected chi connectivity index (χ1v) is 6.84. The summed E-state index contributed by atoms with van der Waals surface area (Å²) in [4.78, 5) is 24.6.